The lowest BCUT2D eigenvalue weighted by atomic mass is 10.1. The molecule has 7 heteroatoms. The summed E-state index contributed by atoms with van der Waals surface area (Å²) in [5.41, 5.74) is 2.19. The Hall–Kier alpha value is -4.05. The monoisotopic (exact) mass is 353 g/mol. The molecule has 0 spiro atoms. The predicted octanol–water partition coefficient (Wildman–Crippen LogP) is 3.65. The van der Waals surface area contributed by atoms with E-state index in [1.54, 1.807) is 10.9 Å². The second-order valence-corrected chi connectivity index (χ2v) is 5.80. The number of aryl methyl sites for hydroxylation is 1. The molecule has 0 saturated heterocycles. The summed E-state index contributed by atoms with van der Waals surface area (Å²) in [6.07, 6.45) is 3.18. The zero-order chi connectivity index (χ0) is 18.6. The first-order chi connectivity index (χ1) is 13.2. The Morgan fingerprint density at radius 1 is 1.04 bits per heavy atom. The number of rotatable bonds is 4. The second kappa shape index (κ2) is 7.06. The maximum Gasteiger partial charge on any atom is 0.155 e. The van der Waals surface area contributed by atoms with Crippen LogP contribution in [0.5, 0.6) is 0 Å². The zero-order valence-corrected chi connectivity index (χ0v) is 14.5. The highest BCUT2D eigenvalue weighted by atomic mass is 15.4. The number of hydrogen-bond acceptors (Lipinski definition) is 6. The van der Waals surface area contributed by atoms with Crippen molar-refractivity contribution in [3.8, 4) is 23.1 Å². The summed E-state index contributed by atoms with van der Waals surface area (Å²) in [5.74, 6) is 2.32. The van der Waals surface area contributed by atoms with Crippen LogP contribution in [0.4, 0.5) is 11.6 Å². The molecular weight excluding hydrogens is 338 g/mol. The number of hydrogen-bond donors (Lipinski definition) is 1. The van der Waals surface area contributed by atoms with Gasteiger partial charge in [-0.2, -0.15) is 15.0 Å². The normalized spacial score (nSPS) is 10.4. The standard InChI is InChI=1S/C20H15N7/c1-14-24-17(15-7-3-2-4-8-15)11-18(25-14)26-20-16(12-21)13-23-27(20)19-9-5-6-10-22-19/h2-11,13H,1H3,(H,24,25,26). The third-order valence-corrected chi connectivity index (χ3v) is 3.91. The van der Waals surface area contributed by atoms with E-state index < -0.39 is 0 Å². The maximum absolute atomic E-state index is 9.45. The minimum Gasteiger partial charge on any atom is -0.324 e. The average Bonchev–Trinajstić information content (AvgIpc) is 3.11. The van der Waals surface area contributed by atoms with Gasteiger partial charge in [-0.3, -0.25) is 0 Å². The molecule has 3 heterocycles. The van der Waals surface area contributed by atoms with E-state index in [0.717, 1.165) is 11.3 Å². The van der Waals surface area contributed by atoms with Crippen LogP contribution in [0.2, 0.25) is 0 Å². The van der Waals surface area contributed by atoms with Crippen LogP contribution in [0.1, 0.15) is 11.4 Å². The van der Waals surface area contributed by atoms with E-state index >= 15 is 0 Å². The Bertz CT molecular complexity index is 1110. The van der Waals surface area contributed by atoms with Crippen molar-refractivity contribution in [2.45, 2.75) is 6.92 Å². The summed E-state index contributed by atoms with van der Waals surface area (Å²) >= 11 is 0. The summed E-state index contributed by atoms with van der Waals surface area (Å²) in [6, 6.07) is 19.4. The van der Waals surface area contributed by atoms with Crippen molar-refractivity contribution in [2.75, 3.05) is 5.32 Å². The van der Waals surface area contributed by atoms with Crippen LogP contribution in [-0.4, -0.2) is 24.7 Å². The van der Waals surface area contributed by atoms with Gasteiger partial charge in [0, 0.05) is 17.8 Å². The number of nitrogens with one attached hydrogen (secondary N) is 1. The van der Waals surface area contributed by atoms with Gasteiger partial charge in [0.05, 0.1) is 11.9 Å². The van der Waals surface area contributed by atoms with Gasteiger partial charge in [-0.25, -0.2) is 15.0 Å². The van der Waals surface area contributed by atoms with Gasteiger partial charge in [-0.1, -0.05) is 36.4 Å². The van der Waals surface area contributed by atoms with Crippen LogP contribution in [0, 0.1) is 18.3 Å². The number of pyridine rings is 1. The molecule has 0 aliphatic rings. The van der Waals surface area contributed by atoms with Crippen LogP contribution < -0.4 is 5.32 Å². The molecule has 4 rings (SSSR count). The molecule has 0 fully saturated rings. The van der Waals surface area contributed by atoms with Crippen molar-refractivity contribution in [1.82, 2.24) is 24.7 Å². The highest BCUT2D eigenvalue weighted by Crippen LogP contribution is 2.25. The molecule has 0 saturated carbocycles. The van der Waals surface area contributed by atoms with Crippen LogP contribution >= 0.6 is 0 Å². The number of anilines is 2. The van der Waals surface area contributed by atoms with Crippen molar-refractivity contribution >= 4 is 11.6 Å². The molecule has 0 radical (unpaired) electrons. The molecule has 0 aliphatic carbocycles. The first-order valence-corrected chi connectivity index (χ1v) is 8.32. The number of nitrogens with zero attached hydrogens (tertiary/aromatic N) is 6. The Balaban J connectivity index is 1.76. The van der Waals surface area contributed by atoms with Crippen molar-refractivity contribution in [1.29, 1.82) is 5.26 Å². The summed E-state index contributed by atoms with van der Waals surface area (Å²) in [5, 5.41) is 16.9. The predicted molar refractivity (Wildman–Crippen MR) is 102 cm³/mol. The first kappa shape index (κ1) is 16.4. The lowest BCUT2D eigenvalue weighted by Gasteiger charge is -2.11. The molecule has 0 atom stereocenters. The largest absolute Gasteiger partial charge is 0.324 e. The molecular formula is C20H15N7. The fourth-order valence-corrected chi connectivity index (χ4v) is 2.71. The van der Waals surface area contributed by atoms with Gasteiger partial charge >= 0.3 is 0 Å². The molecule has 3 aromatic heterocycles. The molecule has 0 aliphatic heterocycles. The van der Waals surface area contributed by atoms with Crippen LogP contribution in [0.25, 0.3) is 17.1 Å². The second-order valence-electron chi connectivity index (χ2n) is 5.80. The van der Waals surface area contributed by atoms with Gasteiger partial charge < -0.3 is 5.32 Å². The molecule has 4 aromatic rings. The van der Waals surface area contributed by atoms with Gasteiger partial charge in [0.1, 0.15) is 23.3 Å². The fraction of sp³-hybridized carbons (Fsp3) is 0.0500. The quantitative estimate of drug-likeness (QED) is 0.602. The van der Waals surface area contributed by atoms with Gasteiger partial charge in [-0.05, 0) is 19.1 Å². The zero-order valence-electron chi connectivity index (χ0n) is 14.5. The molecule has 7 nitrogen and oxygen atoms in total. The minimum atomic E-state index is 0.401. The smallest absolute Gasteiger partial charge is 0.155 e. The third kappa shape index (κ3) is 3.37. The lowest BCUT2D eigenvalue weighted by molar-refractivity contribution is 0.853. The van der Waals surface area contributed by atoms with Crippen molar-refractivity contribution in [2.24, 2.45) is 0 Å². The van der Waals surface area contributed by atoms with Crippen LogP contribution in [0.3, 0.4) is 0 Å². The highest BCUT2D eigenvalue weighted by molar-refractivity contribution is 5.67. The Labute approximate surface area is 156 Å². The Morgan fingerprint density at radius 3 is 2.59 bits per heavy atom. The summed E-state index contributed by atoms with van der Waals surface area (Å²) in [6.45, 7) is 1.83. The molecule has 0 bridgehead atoms. The number of benzene rings is 1. The molecule has 1 N–H and O–H groups in total. The van der Waals surface area contributed by atoms with Gasteiger partial charge in [-0.15, -0.1) is 0 Å². The third-order valence-electron chi connectivity index (χ3n) is 3.91. The van der Waals surface area contributed by atoms with Crippen molar-refractivity contribution < 1.29 is 0 Å². The average molecular weight is 353 g/mol. The van der Waals surface area contributed by atoms with E-state index in [1.807, 2.05) is 61.5 Å². The minimum absolute atomic E-state index is 0.401. The summed E-state index contributed by atoms with van der Waals surface area (Å²) < 4.78 is 1.58. The van der Waals surface area contributed by atoms with E-state index in [2.05, 4.69) is 31.4 Å². The molecule has 130 valence electrons. The fourth-order valence-electron chi connectivity index (χ4n) is 2.71. The molecule has 27 heavy (non-hydrogen) atoms. The van der Waals surface area contributed by atoms with Gasteiger partial charge in [0.15, 0.2) is 11.6 Å². The maximum atomic E-state index is 9.45. The van der Waals surface area contributed by atoms with Gasteiger partial charge in [0.25, 0.3) is 0 Å². The summed E-state index contributed by atoms with van der Waals surface area (Å²) in [4.78, 5) is 13.3. The Kier molecular flexibility index (Phi) is 4.29. The van der Waals surface area contributed by atoms with E-state index in [4.69, 9.17) is 0 Å². The topological polar surface area (TPSA) is 92.3 Å². The Morgan fingerprint density at radius 2 is 1.85 bits per heavy atom. The highest BCUT2D eigenvalue weighted by Gasteiger charge is 2.14. The molecule has 0 unspecified atom stereocenters. The molecule has 1 aromatic carbocycles. The number of nitriles is 1. The molecule has 0 amide bonds. The van der Waals surface area contributed by atoms with Crippen molar-refractivity contribution in [3.63, 3.8) is 0 Å². The van der Waals surface area contributed by atoms with E-state index in [1.165, 1.54) is 6.20 Å². The SMILES string of the molecule is Cc1nc(Nc2c(C#N)cnn2-c2ccccn2)cc(-c2ccccc2)n1. The first-order valence-electron chi connectivity index (χ1n) is 8.32. The lowest BCUT2D eigenvalue weighted by Crippen LogP contribution is -2.07. The van der Waals surface area contributed by atoms with E-state index in [0.29, 0.717) is 28.8 Å². The van der Waals surface area contributed by atoms with Gasteiger partial charge in [0.2, 0.25) is 0 Å². The van der Waals surface area contributed by atoms with E-state index in [-0.39, 0.29) is 0 Å². The number of aromatic nitrogens is 5. The van der Waals surface area contributed by atoms with Crippen molar-refractivity contribution in [3.05, 3.63) is 78.4 Å². The van der Waals surface area contributed by atoms with E-state index in [9.17, 15) is 5.26 Å². The summed E-state index contributed by atoms with van der Waals surface area (Å²) in [7, 11) is 0. The van der Waals surface area contributed by atoms with Crippen LogP contribution in [-0.2, 0) is 0 Å². The van der Waals surface area contributed by atoms with Crippen LogP contribution in [0.15, 0.2) is 67.0 Å².